The summed E-state index contributed by atoms with van der Waals surface area (Å²) in [5.41, 5.74) is 0. The Hall–Kier alpha value is 0.270. The zero-order chi connectivity index (χ0) is 9.94. The monoisotopic (exact) mass is 191 g/mol. The van der Waals surface area contributed by atoms with Crippen molar-refractivity contribution >= 4 is 11.4 Å². The zero-order valence-corrected chi connectivity index (χ0v) is 9.86. The van der Waals surface area contributed by atoms with Gasteiger partial charge in [-0.3, -0.25) is 0 Å². The highest BCUT2D eigenvalue weighted by atomic mass is 32.2. The summed E-state index contributed by atoms with van der Waals surface area (Å²) in [4.78, 5) is 0. The molecule has 1 atom stereocenters. The second-order valence-electron chi connectivity index (χ2n) is 4.57. The van der Waals surface area contributed by atoms with E-state index in [0.717, 1.165) is 6.54 Å². The smallest absolute Gasteiger partial charge is 0.137 e. The van der Waals surface area contributed by atoms with E-state index in [0.29, 0.717) is 5.92 Å². The first kappa shape index (κ1) is 12.3. The topological polar surface area (TPSA) is 26.3 Å². The molecule has 0 saturated carbocycles. The normalized spacial score (nSPS) is 15.8. The molecule has 74 valence electrons. The van der Waals surface area contributed by atoms with Crippen LogP contribution in [0, 0.1) is 5.92 Å². The summed E-state index contributed by atoms with van der Waals surface area (Å²) in [6.45, 7) is 11.2. The van der Waals surface area contributed by atoms with Gasteiger partial charge in [0.15, 0.2) is 0 Å². The first-order valence-electron chi connectivity index (χ1n) is 4.38. The molecule has 0 aliphatic heterocycles. The first-order chi connectivity index (χ1) is 5.25. The Morgan fingerprint density at radius 3 is 2.00 bits per heavy atom. The highest BCUT2D eigenvalue weighted by molar-refractivity contribution is 7.90. The van der Waals surface area contributed by atoms with Crippen LogP contribution in [0.2, 0.25) is 0 Å². The molecule has 2 nitrogen and oxygen atoms in total. The van der Waals surface area contributed by atoms with Gasteiger partial charge < -0.3 is 4.55 Å². The molecule has 0 heterocycles. The van der Waals surface area contributed by atoms with Crippen molar-refractivity contribution in [3.63, 3.8) is 0 Å². The third kappa shape index (κ3) is 4.33. The van der Waals surface area contributed by atoms with Crippen molar-refractivity contribution in [2.45, 2.75) is 39.4 Å². The van der Waals surface area contributed by atoms with Crippen LogP contribution >= 0.6 is 0 Å². The maximum Gasteiger partial charge on any atom is 0.137 e. The van der Waals surface area contributed by atoms with Crippen molar-refractivity contribution in [1.82, 2.24) is 4.31 Å². The fourth-order valence-corrected chi connectivity index (χ4v) is 2.42. The fourth-order valence-electron chi connectivity index (χ4n) is 1.05. The predicted octanol–water partition coefficient (Wildman–Crippen LogP) is 2.04. The minimum Gasteiger partial charge on any atom is -0.598 e. The molecule has 0 aromatic rings. The Morgan fingerprint density at radius 2 is 1.75 bits per heavy atom. The molecule has 0 aliphatic rings. The second-order valence-corrected chi connectivity index (χ2v) is 6.91. The lowest BCUT2D eigenvalue weighted by Gasteiger charge is -2.30. The molecule has 1 unspecified atom stereocenters. The van der Waals surface area contributed by atoms with E-state index in [9.17, 15) is 4.55 Å². The van der Waals surface area contributed by atoms with E-state index in [4.69, 9.17) is 0 Å². The summed E-state index contributed by atoms with van der Waals surface area (Å²) in [5.74, 6) is 0.571. The molecule has 0 saturated heterocycles. The van der Waals surface area contributed by atoms with Gasteiger partial charge in [0.2, 0.25) is 0 Å². The fraction of sp³-hybridized carbons (Fsp3) is 1.00. The first-order valence-corrected chi connectivity index (χ1v) is 5.49. The van der Waals surface area contributed by atoms with E-state index >= 15 is 0 Å². The second kappa shape index (κ2) is 4.49. The summed E-state index contributed by atoms with van der Waals surface area (Å²) in [6, 6.07) is 0. The molecule has 0 radical (unpaired) electrons. The summed E-state index contributed by atoms with van der Waals surface area (Å²) in [5, 5.41) is 0. The lowest BCUT2D eigenvalue weighted by molar-refractivity contribution is 0.402. The van der Waals surface area contributed by atoms with E-state index in [1.807, 2.05) is 32.1 Å². The van der Waals surface area contributed by atoms with Gasteiger partial charge in [0.1, 0.15) is 4.75 Å². The zero-order valence-electron chi connectivity index (χ0n) is 9.05. The van der Waals surface area contributed by atoms with Crippen LogP contribution in [0.15, 0.2) is 0 Å². The van der Waals surface area contributed by atoms with Gasteiger partial charge in [0.05, 0.1) is 0 Å². The van der Waals surface area contributed by atoms with Crippen molar-refractivity contribution in [3.8, 4) is 0 Å². The summed E-state index contributed by atoms with van der Waals surface area (Å²) >= 11 is -0.869. The molecule has 0 amide bonds. The van der Waals surface area contributed by atoms with E-state index in [1.165, 1.54) is 0 Å². The molecule has 0 rings (SSSR count). The Morgan fingerprint density at radius 1 is 1.33 bits per heavy atom. The average molecular weight is 191 g/mol. The Balaban J connectivity index is 4.01. The van der Waals surface area contributed by atoms with E-state index in [-0.39, 0.29) is 4.75 Å². The third-order valence-electron chi connectivity index (χ3n) is 1.43. The highest BCUT2D eigenvalue weighted by Crippen LogP contribution is 2.19. The standard InChI is InChI=1S/C9H21NOS/c1-8(2)7-10(6)12(11)9(3,4)5/h8H,7H2,1-6H3. The molecule has 0 N–H and O–H groups in total. The van der Waals surface area contributed by atoms with Crippen LogP contribution in [-0.2, 0) is 11.4 Å². The molecule has 0 aromatic carbocycles. The van der Waals surface area contributed by atoms with Gasteiger partial charge in [-0.05, 0) is 26.7 Å². The van der Waals surface area contributed by atoms with Crippen molar-refractivity contribution in [2.24, 2.45) is 5.92 Å². The van der Waals surface area contributed by atoms with Crippen LogP contribution in [0.3, 0.4) is 0 Å². The molecule has 0 aliphatic carbocycles. The molecule has 3 heteroatoms. The van der Waals surface area contributed by atoms with Crippen LogP contribution < -0.4 is 0 Å². The summed E-state index contributed by atoms with van der Waals surface area (Å²) < 4.78 is 13.5. The van der Waals surface area contributed by atoms with Crippen LogP contribution in [-0.4, -0.2) is 27.2 Å². The predicted molar refractivity (Wildman–Crippen MR) is 55.4 cm³/mol. The Bertz CT molecular complexity index is 131. The quantitative estimate of drug-likeness (QED) is 0.638. The number of hydrogen-bond donors (Lipinski definition) is 0. The van der Waals surface area contributed by atoms with Crippen molar-refractivity contribution < 1.29 is 4.55 Å². The number of nitrogens with zero attached hydrogens (tertiary/aromatic N) is 1. The minimum atomic E-state index is -0.869. The van der Waals surface area contributed by atoms with Gasteiger partial charge in [-0.15, -0.1) is 4.31 Å². The Labute approximate surface area is 79.6 Å². The lowest BCUT2D eigenvalue weighted by Crippen LogP contribution is -2.42. The maximum atomic E-state index is 11.7. The van der Waals surface area contributed by atoms with Gasteiger partial charge in [0.25, 0.3) is 0 Å². The van der Waals surface area contributed by atoms with Crippen LogP contribution in [0.25, 0.3) is 0 Å². The van der Waals surface area contributed by atoms with E-state index in [1.54, 1.807) is 0 Å². The highest BCUT2D eigenvalue weighted by Gasteiger charge is 2.30. The van der Waals surface area contributed by atoms with E-state index < -0.39 is 11.4 Å². The molecular formula is C9H21NOS. The van der Waals surface area contributed by atoms with Crippen LogP contribution in [0.1, 0.15) is 34.6 Å². The molecule has 0 bridgehead atoms. The number of hydrogen-bond acceptors (Lipinski definition) is 2. The van der Waals surface area contributed by atoms with Gasteiger partial charge >= 0.3 is 0 Å². The van der Waals surface area contributed by atoms with E-state index in [2.05, 4.69) is 13.8 Å². The summed E-state index contributed by atoms with van der Waals surface area (Å²) in [6.07, 6.45) is 0. The maximum absolute atomic E-state index is 11.7. The molecule has 0 aromatic heterocycles. The van der Waals surface area contributed by atoms with Crippen molar-refractivity contribution in [2.75, 3.05) is 13.6 Å². The molecular weight excluding hydrogens is 170 g/mol. The van der Waals surface area contributed by atoms with Crippen molar-refractivity contribution in [1.29, 1.82) is 0 Å². The van der Waals surface area contributed by atoms with Gasteiger partial charge in [0, 0.05) is 25.0 Å². The van der Waals surface area contributed by atoms with Gasteiger partial charge in [-0.1, -0.05) is 13.8 Å². The number of rotatable bonds is 3. The third-order valence-corrected chi connectivity index (χ3v) is 3.19. The lowest BCUT2D eigenvalue weighted by atomic mass is 10.2. The minimum absolute atomic E-state index is 0.135. The largest absolute Gasteiger partial charge is 0.598 e. The SMILES string of the molecule is CC(C)CN(C)[S+]([O-])C(C)(C)C. The van der Waals surface area contributed by atoms with Gasteiger partial charge in [-0.2, -0.15) is 0 Å². The molecule has 12 heavy (non-hydrogen) atoms. The average Bonchev–Trinajstić information content (AvgIpc) is 1.82. The Kier molecular flexibility index (Phi) is 4.59. The molecule has 0 spiro atoms. The van der Waals surface area contributed by atoms with Crippen molar-refractivity contribution in [3.05, 3.63) is 0 Å². The van der Waals surface area contributed by atoms with Crippen LogP contribution in [0.5, 0.6) is 0 Å². The summed E-state index contributed by atoms with van der Waals surface area (Å²) in [7, 11) is 1.92. The van der Waals surface area contributed by atoms with Crippen LogP contribution in [0.4, 0.5) is 0 Å². The molecule has 0 fully saturated rings. The van der Waals surface area contributed by atoms with Gasteiger partial charge in [-0.25, -0.2) is 0 Å².